The lowest BCUT2D eigenvalue weighted by Crippen LogP contribution is -2.26. The van der Waals surface area contributed by atoms with Gasteiger partial charge in [-0.15, -0.1) is 0 Å². The smallest absolute Gasteiger partial charge is 0.0696 e. The summed E-state index contributed by atoms with van der Waals surface area (Å²) >= 11 is 3.59. The Hall–Kier alpha value is 0.440. The van der Waals surface area contributed by atoms with Gasteiger partial charge in [-0.25, -0.2) is 0 Å². The average molecular weight is 193 g/mol. The molecule has 1 aliphatic rings. The van der Waals surface area contributed by atoms with E-state index in [0.29, 0.717) is 10.9 Å². The molecule has 1 fully saturated rings. The second-order valence-electron chi connectivity index (χ2n) is 2.57. The third-order valence-electron chi connectivity index (χ3n) is 1.92. The minimum atomic E-state index is 0.471. The maximum atomic E-state index is 5.26. The van der Waals surface area contributed by atoms with Crippen LogP contribution in [0.3, 0.4) is 0 Å². The molecular formula is C7H13BrO. The number of halogens is 1. The highest BCUT2D eigenvalue weighted by atomic mass is 79.9. The first-order valence-electron chi connectivity index (χ1n) is 3.51. The zero-order valence-corrected chi connectivity index (χ0v) is 7.36. The number of hydrogen-bond acceptors (Lipinski definition) is 1. The SMILES string of the molecule is CO[C@@H]1CCCC[C@@H]1Br. The fourth-order valence-corrected chi connectivity index (χ4v) is 2.12. The number of ether oxygens (including phenoxy) is 1. The molecule has 0 heterocycles. The molecule has 9 heavy (non-hydrogen) atoms. The minimum absolute atomic E-state index is 0.471. The van der Waals surface area contributed by atoms with Crippen molar-refractivity contribution in [3.8, 4) is 0 Å². The van der Waals surface area contributed by atoms with Gasteiger partial charge in [-0.2, -0.15) is 0 Å². The predicted molar refractivity (Wildman–Crippen MR) is 42.0 cm³/mol. The number of hydrogen-bond donors (Lipinski definition) is 0. The average Bonchev–Trinajstić information content (AvgIpc) is 1.89. The normalized spacial score (nSPS) is 36.7. The lowest BCUT2D eigenvalue weighted by molar-refractivity contribution is 0.0780. The molecule has 1 nitrogen and oxygen atoms in total. The first-order valence-corrected chi connectivity index (χ1v) is 4.43. The van der Waals surface area contributed by atoms with E-state index in [-0.39, 0.29) is 0 Å². The summed E-state index contributed by atoms with van der Waals surface area (Å²) in [5, 5.41) is 0. The molecule has 0 N–H and O–H groups in total. The van der Waals surface area contributed by atoms with E-state index < -0.39 is 0 Å². The van der Waals surface area contributed by atoms with Crippen LogP contribution in [0.15, 0.2) is 0 Å². The summed E-state index contributed by atoms with van der Waals surface area (Å²) < 4.78 is 5.26. The van der Waals surface area contributed by atoms with Crippen LogP contribution >= 0.6 is 15.9 Å². The summed E-state index contributed by atoms with van der Waals surface area (Å²) in [7, 11) is 1.80. The first kappa shape index (κ1) is 7.55. The van der Waals surface area contributed by atoms with Gasteiger partial charge in [0.2, 0.25) is 0 Å². The van der Waals surface area contributed by atoms with Gasteiger partial charge in [-0.3, -0.25) is 0 Å². The predicted octanol–water partition coefficient (Wildman–Crippen LogP) is 2.34. The summed E-state index contributed by atoms with van der Waals surface area (Å²) in [6.45, 7) is 0. The van der Waals surface area contributed by atoms with E-state index in [1.165, 1.54) is 25.7 Å². The highest BCUT2D eigenvalue weighted by Crippen LogP contribution is 2.25. The van der Waals surface area contributed by atoms with Crippen LogP contribution in [0.25, 0.3) is 0 Å². The van der Waals surface area contributed by atoms with Gasteiger partial charge in [0.1, 0.15) is 0 Å². The summed E-state index contributed by atoms with van der Waals surface area (Å²) in [6, 6.07) is 0. The summed E-state index contributed by atoms with van der Waals surface area (Å²) in [6.07, 6.45) is 5.67. The van der Waals surface area contributed by atoms with E-state index in [1.54, 1.807) is 7.11 Å². The molecule has 0 aromatic heterocycles. The van der Waals surface area contributed by atoms with Gasteiger partial charge in [0.25, 0.3) is 0 Å². The third kappa shape index (κ3) is 1.94. The van der Waals surface area contributed by atoms with Crippen LogP contribution in [0, 0.1) is 0 Å². The molecular weight excluding hydrogens is 180 g/mol. The van der Waals surface area contributed by atoms with Gasteiger partial charge in [0.15, 0.2) is 0 Å². The molecule has 0 radical (unpaired) electrons. The van der Waals surface area contributed by atoms with Crippen LogP contribution in [0.5, 0.6) is 0 Å². The van der Waals surface area contributed by atoms with Crippen molar-refractivity contribution in [2.45, 2.75) is 36.6 Å². The Kier molecular flexibility index (Phi) is 2.99. The van der Waals surface area contributed by atoms with Gasteiger partial charge in [-0.1, -0.05) is 28.8 Å². The second kappa shape index (κ2) is 3.57. The van der Waals surface area contributed by atoms with Gasteiger partial charge >= 0.3 is 0 Å². The Morgan fingerprint density at radius 1 is 1.33 bits per heavy atom. The van der Waals surface area contributed by atoms with E-state index in [2.05, 4.69) is 15.9 Å². The zero-order valence-electron chi connectivity index (χ0n) is 5.77. The lowest BCUT2D eigenvalue weighted by Gasteiger charge is -2.25. The third-order valence-corrected chi connectivity index (χ3v) is 2.97. The second-order valence-corrected chi connectivity index (χ2v) is 3.75. The Labute approximate surface area is 64.9 Å². The molecule has 0 bridgehead atoms. The highest BCUT2D eigenvalue weighted by molar-refractivity contribution is 9.09. The molecule has 0 amide bonds. The van der Waals surface area contributed by atoms with Crippen molar-refractivity contribution >= 4 is 15.9 Å². The standard InChI is InChI=1S/C7H13BrO/c1-9-7-5-3-2-4-6(7)8/h6-7H,2-5H2,1H3/t6-,7+/m0/s1. The van der Waals surface area contributed by atoms with Gasteiger partial charge in [0, 0.05) is 11.9 Å². The molecule has 1 saturated carbocycles. The molecule has 0 aliphatic heterocycles. The van der Waals surface area contributed by atoms with Crippen LogP contribution in [0.1, 0.15) is 25.7 Å². The largest absolute Gasteiger partial charge is 0.380 e. The van der Waals surface area contributed by atoms with E-state index in [1.807, 2.05) is 0 Å². The quantitative estimate of drug-likeness (QED) is 0.580. The van der Waals surface area contributed by atoms with Crippen molar-refractivity contribution in [1.82, 2.24) is 0 Å². The van der Waals surface area contributed by atoms with Crippen LogP contribution < -0.4 is 0 Å². The van der Waals surface area contributed by atoms with Crippen molar-refractivity contribution < 1.29 is 4.74 Å². The topological polar surface area (TPSA) is 9.23 Å². The Morgan fingerprint density at radius 3 is 2.44 bits per heavy atom. The zero-order chi connectivity index (χ0) is 6.69. The molecule has 1 aliphatic carbocycles. The Bertz CT molecular complexity index is 85.0. The van der Waals surface area contributed by atoms with Gasteiger partial charge < -0.3 is 4.74 Å². The summed E-state index contributed by atoms with van der Waals surface area (Å²) in [5.41, 5.74) is 0. The van der Waals surface area contributed by atoms with Crippen LogP contribution in [0.2, 0.25) is 0 Å². The molecule has 54 valence electrons. The maximum absolute atomic E-state index is 5.26. The minimum Gasteiger partial charge on any atom is -0.380 e. The van der Waals surface area contributed by atoms with Crippen molar-refractivity contribution in [3.63, 3.8) is 0 Å². The van der Waals surface area contributed by atoms with Crippen LogP contribution in [-0.4, -0.2) is 18.0 Å². The lowest BCUT2D eigenvalue weighted by atomic mass is 9.98. The fraction of sp³-hybridized carbons (Fsp3) is 1.00. The van der Waals surface area contributed by atoms with Crippen LogP contribution in [-0.2, 0) is 4.74 Å². The molecule has 0 aromatic rings. The van der Waals surface area contributed by atoms with E-state index in [0.717, 1.165) is 0 Å². The molecule has 0 unspecified atom stereocenters. The highest BCUT2D eigenvalue weighted by Gasteiger charge is 2.21. The summed E-state index contributed by atoms with van der Waals surface area (Å²) in [5.74, 6) is 0. The summed E-state index contributed by atoms with van der Waals surface area (Å²) in [4.78, 5) is 0.608. The molecule has 2 atom stereocenters. The number of rotatable bonds is 1. The van der Waals surface area contributed by atoms with Crippen molar-refractivity contribution in [3.05, 3.63) is 0 Å². The molecule has 2 heteroatoms. The van der Waals surface area contributed by atoms with E-state index >= 15 is 0 Å². The van der Waals surface area contributed by atoms with Crippen molar-refractivity contribution in [1.29, 1.82) is 0 Å². The van der Waals surface area contributed by atoms with Gasteiger partial charge in [0.05, 0.1) is 6.10 Å². The fourth-order valence-electron chi connectivity index (χ4n) is 1.32. The van der Waals surface area contributed by atoms with Gasteiger partial charge in [-0.05, 0) is 12.8 Å². The molecule has 0 spiro atoms. The van der Waals surface area contributed by atoms with E-state index in [4.69, 9.17) is 4.74 Å². The first-order chi connectivity index (χ1) is 4.34. The maximum Gasteiger partial charge on any atom is 0.0696 e. The van der Waals surface area contributed by atoms with E-state index in [9.17, 15) is 0 Å². The monoisotopic (exact) mass is 192 g/mol. The molecule has 0 saturated heterocycles. The Balaban J connectivity index is 2.30. The van der Waals surface area contributed by atoms with Crippen LogP contribution in [0.4, 0.5) is 0 Å². The Morgan fingerprint density at radius 2 is 2.00 bits per heavy atom. The number of alkyl halides is 1. The molecule has 0 aromatic carbocycles. The van der Waals surface area contributed by atoms with Crippen molar-refractivity contribution in [2.75, 3.05) is 7.11 Å². The number of methoxy groups -OCH3 is 1. The molecule has 1 rings (SSSR count). The van der Waals surface area contributed by atoms with Crippen molar-refractivity contribution in [2.24, 2.45) is 0 Å².